The number of nitrogens with zero attached hydrogens (tertiary/aromatic N) is 1. The molecule has 0 amide bonds. The Morgan fingerprint density at radius 2 is 2.53 bits per heavy atom. The normalized spacial score (nSPS) is 32.6. The van der Waals surface area contributed by atoms with E-state index in [-0.39, 0.29) is 12.6 Å². The molecule has 0 aromatic carbocycles. The molecular formula is C11H17Br2N3O3. The molecule has 0 aliphatic carbocycles. The first-order chi connectivity index (χ1) is 9.16. The van der Waals surface area contributed by atoms with E-state index in [1.807, 2.05) is 0 Å². The van der Waals surface area contributed by atoms with Gasteiger partial charge in [-0.2, -0.15) is 0 Å². The molecule has 2 aliphatic heterocycles. The van der Waals surface area contributed by atoms with Crippen molar-refractivity contribution in [3.8, 4) is 0 Å². The van der Waals surface area contributed by atoms with Crippen molar-refractivity contribution in [2.75, 3.05) is 31.7 Å². The average molecular weight is 399 g/mol. The van der Waals surface area contributed by atoms with Gasteiger partial charge in [-0.3, -0.25) is 0 Å². The second kappa shape index (κ2) is 7.14. The van der Waals surface area contributed by atoms with Crippen molar-refractivity contribution < 1.29 is 14.6 Å². The number of alkyl halides is 1. The van der Waals surface area contributed by atoms with E-state index in [9.17, 15) is 5.11 Å². The third-order valence-electron chi connectivity index (χ3n) is 2.93. The van der Waals surface area contributed by atoms with Crippen LogP contribution in [0.5, 0.6) is 0 Å². The van der Waals surface area contributed by atoms with Crippen LogP contribution >= 0.6 is 31.9 Å². The second-order valence-corrected chi connectivity index (χ2v) is 5.82. The van der Waals surface area contributed by atoms with Crippen molar-refractivity contribution in [1.29, 1.82) is 0 Å². The van der Waals surface area contributed by atoms with Crippen LogP contribution in [0.4, 0.5) is 0 Å². The lowest BCUT2D eigenvalue weighted by molar-refractivity contribution is -0.0881. The minimum absolute atomic E-state index is 0.0654. The van der Waals surface area contributed by atoms with E-state index in [0.29, 0.717) is 23.2 Å². The van der Waals surface area contributed by atoms with E-state index in [1.165, 1.54) is 0 Å². The molecule has 19 heavy (non-hydrogen) atoms. The Kier molecular flexibility index (Phi) is 5.79. The standard InChI is InChI=1S/C11H17Br2N3O3/c12-3-8(17)5-19-11(7-15-10(13)4-16-11)9-6-18-2-1-14-9/h4,7-9,14,16-17H,1-3,5-6H2. The number of aliphatic imine (C=N–C) groups is 1. The zero-order chi connectivity index (χ0) is 13.7. The molecule has 0 bridgehead atoms. The summed E-state index contributed by atoms with van der Waals surface area (Å²) in [6, 6.07) is -0.0654. The lowest BCUT2D eigenvalue weighted by atomic mass is 10.0. The topological polar surface area (TPSA) is 75.1 Å². The predicted molar refractivity (Wildman–Crippen MR) is 79.7 cm³/mol. The maximum absolute atomic E-state index is 9.63. The highest BCUT2D eigenvalue weighted by atomic mass is 79.9. The smallest absolute Gasteiger partial charge is 0.192 e. The highest BCUT2D eigenvalue weighted by Gasteiger charge is 2.41. The molecule has 8 heteroatoms. The van der Waals surface area contributed by atoms with Gasteiger partial charge < -0.3 is 25.2 Å². The molecule has 1 fully saturated rings. The minimum Gasteiger partial charge on any atom is -0.390 e. The molecule has 0 aromatic heterocycles. The third-order valence-corrected chi connectivity index (χ3v) is 4.11. The maximum atomic E-state index is 9.63. The molecule has 0 aromatic rings. The van der Waals surface area contributed by atoms with Gasteiger partial charge in [0, 0.05) is 18.1 Å². The molecule has 3 unspecified atom stereocenters. The molecular weight excluding hydrogens is 382 g/mol. The van der Waals surface area contributed by atoms with E-state index < -0.39 is 11.8 Å². The van der Waals surface area contributed by atoms with Crippen molar-refractivity contribution >= 4 is 38.1 Å². The Labute approximate surface area is 128 Å². The van der Waals surface area contributed by atoms with Crippen LogP contribution in [0, 0.1) is 0 Å². The van der Waals surface area contributed by atoms with Crippen LogP contribution in [0.2, 0.25) is 0 Å². The molecule has 2 aliphatic rings. The van der Waals surface area contributed by atoms with Crippen LogP contribution in [0.25, 0.3) is 0 Å². The van der Waals surface area contributed by atoms with E-state index in [2.05, 4.69) is 47.5 Å². The van der Waals surface area contributed by atoms with Gasteiger partial charge >= 0.3 is 0 Å². The van der Waals surface area contributed by atoms with Crippen LogP contribution in [-0.4, -0.2) is 60.9 Å². The first-order valence-electron chi connectivity index (χ1n) is 6.04. The summed E-state index contributed by atoms with van der Waals surface area (Å²) in [6.45, 7) is 2.17. The third kappa shape index (κ3) is 3.99. The fraction of sp³-hybridized carbons (Fsp3) is 0.727. The molecule has 0 radical (unpaired) electrons. The summed E-state index contributed by atoms with van der Waals surface area (Å²) in [5, 5.41) is 16.6. The Morgan fingerprint density at radius 3 is 3.11 bits per heavy atom. The number of hydrogen-bond acceptors (Lipinski definition) is 6. The summed E-state index contributed by atoms with van der Waals surface area (Å²) >= 11 is 6.51. The first-order valence-corrected chi connectivity index (χ1v) is 7.95. The molecule has 1 saturated heterocycles. The number of halogens is 2. The van der Waals surface area contributed by atoms with Gasteiger partial charge in [-0.05, 0) is 15.9 Å². The fourth-order valence-electron chi connectivity index (χ4n) is 1.89. The van der Waals surface area contributed by atoms with Crippen LogP contribution in [0.15, 0.2) is 15.8 Å². The SMILES string of the molecule is OC(CBr)COC1(C2COCCN2)C=NC(Br)=CN1. The second-order valence-electron chi connectivity index (χ2n) is 4.36. The first kappa shape index (κ1) is 15.4. The van der Waals surface area contributed by atoms with Crippen molar-refractivity contribution in [2.24, 2.45) is 4.99 Å². The van der Waals surface area contributed by atoms with E-state index in [4.69, 9.17) is 9.47 Å². The van der Waals surface area contributed by atoms with Gasteiger partial charge in [0.25, 0.3) is 0 Å². The monoisotopic (exact) mass is 397 g/mol. The summed E-state index contributed by atoms with van der Waals surface area (Å²) < 4.78 is 12.0. The predicted octanol–water partition coefficient (Wildman–Crippen LogP) is 0.311. The molecule has 3 atom stereocenters. The highest BCUT2D eigenvalue weighted by molar-refractivity contribution is 9.11. The minimum atomic E-state index is -0.805. The number of rotatable bonds is 5. The fourth-order valence-corrected chi connectivity index (χ4v) is 2.30. The lowest BCUT2D eigenvalue weighted by Gasteiger charge is -2.41. The molecule has 3 N–H and O–H groups in total. The Morgan fingerprint density at radius 1 is 1.68 bits per heavy atom. The quantitative estimate of drug-likeness (QED) is 0.459. The van der Waals surface area contributed by atoms with Crippen molar-refractivity contribution in [3.05, 3.63) is 10.8 Å². The Hall–Kier alpha value is 0.0100. The Bertz CT molecular complexity index is 361. The van der Waals surface area contributed by atoms with Gasteiger partial charge in [0.2, 0.25) is 0 Å². The number of hydrogen-bond donors (Lipinski definition) is 3. The maximum Gasteiger partial charge on any atom is 0.192 e. The molecule has 2 heterocycles. The van der Waals surface area contributed by atoms with Gasteiger partial charge in [-0.25, -0.2) is 4.99 Å². The van der Waals surface area contributed by atoms with Gasteiger partial charge in [-0.1, -0.05) is 15.9 Å². The summed E-state index contributed by atoms with van der Waals surface area (Å²) in [4.78, 5) is 4.24. The van der Waals surface area contributed by atoms with Gasteiger partial charge in [0.15, 0.2) is 5.72 Å². The zero-order valence-electron chi connectivity index (χ0n) is 10.3. The van der Waals surface area contributed by atoms with Crippen LogP contribution in [0.3, 0.4) is 0 Å². The van der Waals surface area contributed by atoms with E-state index in [1.54, 1.807) is 12.4 Å². The number of morpholine rings is 1. The summed E-state index contributed by atoms with van der Waals surface area (Å²) in [5.74, 6) is 0. The van der Waals surface area contributed by atoms with Crippen LogP contribution in [-0.2, 0) is 9.47 Å². The number of nitrogens with one attached hydrogen (secondary N) is 2. The largest absolute Gasteiger partial charge is 0.390 e. The van der Waals surface area contributed by atoms with E-state index in [0.717, 1.165) is 6.54 Å². The number of ether oxygens (including phenoxy) is 2. The Balaban J connectivity index is 2.06. The van der Waals surface area contributed by atoms with Gasteiger partial charge in [-0.15, -0.1) is 0 Å². The van der Waals surface area contributed by atoms with Gasteiger partial charge in [0.05, 0.1) is 38.2 Å². The molecule has 0 spiro atoms. The van der Waals surface area contributed by atoms with Gasteiger partial charge in [0.1, 0.15) is 4.61 Å². The van der Waals surface area contributed by atoms with E-state index >= 15 is 0 Å². The lowest BCUT2D eigenvalue weighted by Crippen LogP contribution is -2.66. The number of aliphatic hydroxyl groups excluding tert-OH is 1. The van der Waals surface area contributed by atoms with Crippen molar-refractivity contribution in [3.63, 3.8) is 0 Å². The molecule has 108 valence electrons. The summed E-state index contributed by atoms with van der Waals surface area (Å²) in [5.41, 5.74) is -0.805. The van der Waals surface area contributed by atoms with Crippen molar-refractivity contribution in [1.82, 2.24) is 10.6 Å². The number of aliphatic hydroxyl groups is 1. The molecule has 0 saturated carbocycles. The van der Waals surface area contributed by atoms with Crippen LogP contribution < -0.4 is 10.6 Å². The summed E-state index contributed by atoms with van der Waals surface area (Å²) in [6.07, 6.45) is 2.87. The highest BCUT2D eigenvalue weighted by Crippen LogP contribution is 2.20. The molecule has 6 nitrogen and oxygen atoms in total. The van der Waals surface area contributed by atoms with Crippen molar-refractivity contribution in [2.45, 2.75) is 17.9 Å². The van der Waals surface area contributed by atoms with Crippen LogP contribution in [0.1, 0.15) is 0 Å². The molecule has 2 rings (SSSR count). The summed E-state index contributed by atoms with van der Waals surface area (Å²) in [7, 11) is 0. The average Bonchev–Trinajstić information content (AvgIpc) is 2.47. The zero-order valence-corrected chi connectivity index (χ0v) is 13.5.